The summed E-state index contributed by atoms with van der Waals surface area (Å²) in [6.45, 7) is 3.87. The number of halogens is 3. The molecule has 0 aromatic heterocycles. The summed E-state index contributed by atoms with van der Waals surface area (Å²) in [5.74, 6) is 0.00762. The van der Waals surface area contributed by atoms with E-state index in [0.717, 1.165) is 10.5 Å². The first kappa shape index (κ1) is 13.2. The minimum Gasteiger partial charge on any atom is -0.406 e. The SMILES string of the molecule is CSc1ccc(OC(F)(F)F)cc1C(C)C. The molecule has 0 radical (unpaired) electrons. The lowest BCUT2D eigenvalue weighted by Crippen LogP contribution is -2.17. The van der Waals surface area contributed by atoms with E-state index in [1.54, 1.807) is 6.07 Å². The predicted octanol–water partition coefficient (Wildman–Crippen LogP) is 4.43. The molecular weight excluding hydrogens is 237 g/mol. The number of alkyl halides is 3. The van der Waals surface area contributed by atoms with Crippen LogP contribution in [0.3, 0.4) is 0 Å². The Hall–Kier alpha value is -0.840. The van der Waals surface area contributed by atoms with E-state index in [9.17, 15) is 13.2 Å². The molecule has 1 aromatic rings. The van der Waals surface area contributed by atoms with Gasteiger partial charge in [-0.15, -0.1) is 24.9 Å². The van der Waals surface area contributed by atoms with Crippen molar-refractivity contribution in [2.24, 2.45) is 0 Å². The van der Waals surface area contributed by atoms with Crippen molar-refractivity contribution in [3.8, 4) is 5.75 Å². The number of hydrogen-bond donors (Lipinski definition) is 0. The average Bonchev–Trinajstić information content (AvgIpc) is 2.15. The van der Waals surface area contributed by atoms with Gasteiger partial charge < -0.3 is 4.74 Å². The third-order valence-electron chi connectivity index (χ3n) is 2.06. The molecule has 0 bridgehead atoms. The molecule has 0 N–H and O–H groups in total. The monoisotopic (exact) mass is 250 g/mol. The van der Waals surface area contributed by atoms with Crippen LogP contribution < -0.4 is 4.74 Å². The zero-order chi connectivity index (χ0) is 12.3. The van der Waals surface area contributed by atoms with E-state index in [1.165, 1.54) is 23.9 Å². The highest BCUT2D eigenvalue weighted by Crippen LogP contribution is 2.32. The zero-order valence-electron chi connectivity index (χ0n) is 9.26. The molecule has 0 spiro atoms. The highest BCUT2D eigenvalue weighted by molar-refractivity contribution is 7.98. The van der Waals surface area contributed by atoms with E-state index in [0.29, 0.717) is 0 Å². The van der Waals surface area contributed by atoms with Crippen molar-refractivity contribution < 1.29 is 17.9 Å². The molecule has 0 saturated heterocycles. The summed E-state index contributed by atoms with van der Waals surface area (Å²) in [5, 5.41) is 0. The summed E-state index contributed by atoms with van der Waals surface area (Å²) in [4.78, 5) is 0.976. The van der Waals surface area contributed by atoms with Gasteiger partial charge in [0.25, 0.3) is 0 Å². The molecule has 1 rings (SSSR count). The molecule has 5 heteroatoms. The molecule has 0 atom stereocenters. The molecule has 0 fully saturated rings. The summed E-state index contributed by atoms with van der Waals surface area (Å²) in [6.07, 6.45) is -2.74. The van der Waals surface area contributed by atoms with Gasteiger partial charge in [0.1, 0.15) is 5.75 Å². The first-order chi connectivity index (χ1) is 7.33. The second kappa shape index (κ2) is 4.99. The fourth-order valence-electron chi connectivity index (χ4n) is 1.36. The highest BCUT2D eigenvalue weighted by atomic mass is 32.2. The Kier molecular flexibility index (Phi) is 4.13. The lowest BCUT2D eigenvalue weighted by molar-refractivity contribution is -0.274. The van der Waals surface area contributed by atoms with Crippen LogP contribution in [-0.4, -0.2) is 12.6 Å². The minimum absolute atomic E-state index is 0.158. The van der Waals surface area contributed by atoms with Crippen LogP contribution in [0.1, 0.15) is 25.3 Å². The van der Waals surface area contributed by atoms with Gasteiger partial charge in [-0.2, -0.15) is 0 Å². The first-order valence-electron chi connectivity index (χ1n) is 4.77. The van der Waals surface area contributed by atoms with E-state index in [-0.39, 0.29) is 11.7 Å². The fraction of sp³-hybridized carbons (Fsp3) is 0.455. The summed E-state index contributed by atoms with van der Waals surface area (Å²) >= 11 is 1.51. The van der Waals surface area contributed by atoms with Crippen molar-refractivity contribution in [2.45, 2.75) is 31.0 Å². The van der Waals surface area contributed by atoms with Crippen LogP contribution in [0.25, 0.3) is 0 Å². The van der Waals surface area contributed by atoms with Gasteiger partial charge in [-0.1, -0.05) is 13.8 Å². The lowest BCUT2D eigenvalue weighted by atomic mass is 10.0. The third-order valence-corrected chi connectivity index (χ3v) is 2.87. The summed E-state index contributed by atoms with van der Waals surface area (Å²) in [5.41, 5.74) is 0.870. The van der Waals surface area contributed by atoms with Crippen molar-refractivity contribution in [3.05, 3.63) is 23.8 Å². The molecule has 0 unspecified atom stereocenters. The molecule has 1 nitrogen and oxygen atoms in total. The van der Waals surface area contributed by atoms with Crippen LogP contribution >= 0.6 is 11.8 Å². The number of rotatable bonds is 3. The van der Waals surface area contributed by atoms with Crippen LogP contribution in [0.4, 0.5) is 13.2 Å². The molecule has 0 heterocycles. The van der Waals surface area contributed by atoms with Crippen molar-refractivity contribution in [1.82, 2.24) is 0 Å². The Morgan fingerprint density at radius 2 is 1.88 bits per heavy atom. The van der Waals surface area contributed by atoms with Crippen molar-refractivity contribution >= 4 is 11.8 Å². The third kappa shape index (κ3) is 3.63. The smallest absolute Gasteiger partial charge is 0.406 e. The van der Waals surface area contributed by atoms with Gasteiger partial charge in [0, 0.05) is 4.90 Å². The molecule has 16 heavy (non-hydrogen) atoms. The van der Waals surface area contributed by atoms with E-state index in [2.05, 4.69) is 4.74 Å². The Labute approximate surface area is 97.0 Å². The number of thioether (sulfide) groups is 1. The molecule has 0 aliphatic heterocycles. The van der Waals surface area contributed by atoms with Gasteiger partial charge in [0.15, 0.2) is 0 Å². The summed E-state index contributed by atoms with van der Waals surface area (Å²) in [6, 6.07) is 4.44. The first-order valence-corrected chi connectivity index (χ1v) is 5.99. The van der Waals surface area contributed by atoms with Crippen molar-refractivity contribution in [2.75, 3.05) is 6.26 Å². The standard InChI is InChI=1S/C11H13F3OS/c1-7(2)9-6-8(15-11(12,13)14)4-5-10(9)16-3/h4-7H,1-3H3. The molecule has 0 amide bonds. The number of benzene rings is 1. The Balaban J connectivity index is 3.02. The summed E-state index contributed by atoms with van der Waals surface area (Å²) < 4.78 is 40.0. The topological polar surface area (TPSA) is 9.23 Å². The van der Waals surface area contributed by atoms with E-state index >= 15 is 0 Å². The van der Waals surface area contributed by atoms with Gasteiger partial charge in [-0.3, -0.25) is 0 Å². The maximum absolute atomic E-state index is 12.0. The molecule has 0 aliphatic carbocycles. The Bertz CT molecular complexity index is 361. The number of hydrogen-bond acceptors (Lipinski definition) is 2. The highest BCUT2D eigenvalue weighted by Gasteiger charge is 2.31. The van der Waals surface area contributed by atoms with Crippen LogP contribution in [0, 0.1) is 0 Å². The van der Waals surface area contributed by atoms with E-state index in [1.807, 2.05) is 20.1 Å². The lowest BCUT2D eigenvalue weighted by Gasteiger charge is -2.14. The largest absolute Gasteiger partial charge is 0.573 e. The summed E-state index contributed by atoms with van der Waals surface area (Å²) in [7, 11) is 0. The molecule has 90 valence electrons. The van der Waals surface area contributed by atoms with Crippen LogP contribution in [-0.2, 0) is 0 Å². The van der Waals surface area contributed by atoms with Gasteiger partial charge >= 0.3 is 6.36 Å². The normalized spacial score (nSPS) is 11.9. The van der Waals surface area contributed by atoms with Crippen molar-refractivity contribution in [3.63, 3.8) is 0 Å². The van der Waals surface area contributed by atoms with Crippen molar-refractivity contribution in [1.29, 1.82) is 0 Å². The predicted molar refractivity (Wildman–Crippen MR) is 59.0 cm³/mol. The maximum Gasteiger partial charge on any atom is 0.573 e. The van der Waals surface area contributed by atoms with Crippen LogP contribution in [0.5, 0.6) is 5.75 Å². The van der Waals surface area contributed by atoms with Gasteiger partial charge in [0.05, 0.1) is 0 Å². The quantitative estimate of drug-likeness (QED) is 0.734. The second-order valence-electron chi connectivity index (χ2n) is 3.61. The van der Waals surface area contributed by atoms with Crippen LogP contribution in [0.2, 0.25) is 0 Å². The Morgan fingerprint density at radius 3 is 2.31 bits per heavy atom. The molecule has 0 saturated carbocycles. The number of ether oxygens (including phenoxy) is 1. The Morgan fingerprint density at radius 1 is 1.25 bits per heavy atom. The zero-order valence-corrected chi connectivity index (χ0v) is 10.1. The maximum atomic E-state index is 12.0. The van der Waals surface area contributed by atoms with E-state index < -0.39 is 6.36 Å². The minimum atomic E-state index is -4.63. The fourth-order valence-corrected chi connectivity index (χ4v) is 2.10. The van der Waals surface area contributed by atoms with E-state index in [4.69, 9.17) is 0 Å². The van der Waals surface area contributed by atoms with Crippen LogP contribution in [0.15, 0.2) is 23.1 Å². The second-order valence-corrected chi connectivity index (χ2v) is 4.45. The van der Waals surface area contributed by atoms with Gasteiger partial charge in [-0.25, -0.2) is 0 Å². The average molecular weight is 250 g/mol. The van der Waals surface area contributed by atoms with Gasteiger partial charge in [-0.05, 0) is 35.9 Å². The van der Waals surface area contributed by atoms with Gasteiger partial charge in [0.2, 0.25) is 0 Å². The molecule has 1 aromatic carbocycles. The molecule has 0 aliphatic rings. The molecular formula is C11H13F3OS.